The van der Waals surface area contributed by atoms with Gasteiger partial charge in [-0.2, -0.15) is 0 Å². The number of benzene rings is 1. The van der Waals surface area contributed by atoms with Crippen molar-refractivity contribution in [2.24, 2.45) is 22.8 Å². The molecule has 1 aromatic rings. The van der Waals surface area contributed by atoms with E-state index in [1.807, 2.05) is 6.07 Å². The van der Waals surface area contributed by atoms with Gasteiger partial charge in [-0.15, -0.1) is 6.58 Å². The van der Waals surface area contributed by atoms with Gasteiger partial charge in [0.15, 0.2) is 0 Å². The molecule has 0 radical (unpaired) electrons. The third-order valence-electron chi connectivity index (χ3n) is 6.89. The third-order valence-corrected chi connectivity index (χ3v) is 11.3. The summed E-state index contributed by atoms with van der Waals surface area (Å²) in [5, 5.41) is -0.560. The van der Waals surface area contributed by atoms with Gasteiger partial charge in [0.2, 0.25) is 0 Å². The molecule has 0 amide bonds. The Bertz CT molecular complexity index is 611. The number of nitrogens with two attached hydrogens (primary N) is 2. The molecule has 2 rings (SSSR count). The zero-order chi connectivity index (χ0) is 20.7. The van der Waals surface area contributed by atoms with Crippen LogP contribution in [0.3, 0.4) is 0 Å². The second-order valence-electron chi connectivity index (χ2n) is 7.82. The lowest BCUT2D eigenvalue weighted by Crippen LogP contribution is -2.75. The van der Waals surface area contributed by atoms with E-state index in [1.165, 1.54) is 5.56 Å². The fraction of sp³-hybridized carbons (Fsp3) is 0.636. The van der Waals surface area contributed by atoms with Gasteiger partial charge in [-0.3, -0.25) is 0 Å². The maximum Gasteiger partial charge on any atom is 0.371 e. The van der Waals surface area contributed by atoms with Crippen LogP contribution in [0.15, 0.2) is 43.0 Å². The number of allylic oxidation sites excluding steroid dienone is 1. The van der Waals surface area contributed by atoms with E-state index < -0.39 is 13.8 Å². The van der Waals surface area contributed by atoms with E-state index in [4.69, 9.17) is 25.1 Å². The number of hydrogen-bond acceptors (Lipinski definition) is 5. The first-order valence-electron chi connectivity index (χ1n) is 10.3. The van der Waals surface area contributed by atoms with Crippen LogP contribution in [0.5, 0.6) is 0 Å². The molecule has 0 bridgehead atoms. The molecule has 158 valence electrons. The van der Waals surface area contributed by atoms with Gasteiger partial charge in [-0.25, -0.2) is 0 Å². The second-order valence-corrected chi connectivity index (χ2v) is 11.5. The Labute approximate surface area is 171 Å². The van der Waals surface area contributed by atoms with E-state index >= 15 is 0 Å². The van der Waals surface area contributed by atoms with Gasteiger partial charge >= 0.3 is 8.56 Å². The molecule has 28 heavy (non-hydrogen) atoms. The monoisotopic (exact) mass is 406 g/mol. The van der Waals surface area contributed by atoms with Crippen LogP contribution < -0.4 is 11.5 Å². The highest BCUT2D eigenvalue weighted by Gasteiger charge is 2.71. The molecule has 3 atom stereocenters. The molecule has 0 saturated carbocycles. The highest BCUT2D eigenvalue weighted by atomic mass is 28.4. The molecule has 3 unspecified atom stereocenters. The highest BCUT2D eigenvalue weighted by molar-refractivity contribution is 6.71. The van der Waals surface area contributed by atoms with E-state index in [0.29, 0.717) is 13.1 Å². The normalized spacial score (nSPS) is 29.5. The van der Waals surface area contributed by atoms with E-state index in [0.717, 1.165) is 38.1 Å². The summed E-state index contributed by atoms with van der Waals surface area (Å²) in [5.74, 6) is 0.264. The van der Waals surface area contributed by atoms with Crippen LogP contribution in [-0.4, -0.2) is 48.2 Å². The van der Waals surface area contributed by atoms with Crippen molar-refractivity contribution in [1.29, 1.82) is 0 Å². The summed E-state index contributed by atoms with van der Waals surface area (Å²) < 4.78 is 19.0. The number of hydrogen-bond donors (Lipinski definition) is 2. The van der Waals surface area contributed by atoms with E-state index in [-0.39, 0.29) is 11.3 Å². The first-order valence-corrected chi connectivity index (χ1v) is 12.3. The summed E-state index contributed by atoms with van der Waals surface area (Å²) in [5.41, 5.74) is 13.2. The fourth-order valence-electron chi connectivity index (χ4n) is 5.68. The largest absolute Gasteiger partial charge is 0.396 e. The Morgan fingerprint density at radius 3 is 2.29 bits per heavy atom. The van der Waals surface area contributed by atoms with Crippen molar-refractivity contribution in [2.75, 3.05) is 34.4 Å². The number of ether oxygens (including phenoxy) is 1. The molecule has 6 heteroatoms. The molecule has 1 heterocycles. The molecular formula is C22H38N2O3Si. The van der Waals surface area contributed by atoms with Crippen LogP contribution in [0.25, 0.3) is 0 Å². The molecule has 1 saturated heterocycles. The van der Waals surface area contributed by atoms with Crippen molar-refractivity contribution in [3.8, 4) is 0 Å². The van der Waals surface area contributed by atoms with Gasteiger partial charge in [0, 0.05) is 26.7 Å². The smallest absolute Gasteiger partial charge is 0.371 e. The summed E-state index contributed by atoms with van der Waals surface area (Å²) in [6.07, 6.45) is 6.38. The molecule has 0 spiro atoms. The van der Waals surface area contributed by atoms with E-state index in [1.54, 1.807) is 21.3 Å². The molecule has 1 aliphatic heterocycles. The predicted octanol–water partition coefficient (Wildman–Crippen LogP) is 3.17. The molecular weight excluding hydrogens is 368 g/mol. The molecule has 1 fully saturated rings. The van der Waals surface area contributed by atoms with Gasteiger partial charge < -0.3 is 25.1 Å². The summed E-state index contributed by atoms with van der Waals surface area (Å²) in [6.45, 7) is 5.37. The Morgan fingerprint density at radius 1 is 1.11 bits per heavy atom. The maximum atomic E-state index is 6.50. The van der Waals surface area contributed by atoms with Crippen molar-refractivity contribution in [1.82, 2.24) is 0 Å². The third kappa shape index (κ3) is 3.74. The lowest BCUT2D eigenvalue weighted by atomic mass is 9.62. The standard InChI is InChI=1S/C22H38N2O3Si/c1-5-20-12-17-28(26-3,27-4)22(25-2,13-9-15-23)21(20,14-16-24)18-19-10-7-6-8-11-19/h5-8,10-11,20H,1,9,12-18,23-24H2,2-4H3. The zero-order valence-electron chi connectivity index (χ0n) is 17.8. The van der Waals surface area contributed by atoms with E-state index in [9.17, 15) is 0 Å². The SMILES string of the molecule is C=CC1CC[Si](OC)(OC)C(CCCN)(OC)C1(CCN)Cc1ccccc1. The van der Waals surface area contributed by atoms with Crippen LogP contribution in [0.4, 0.5) is 0 Å². The van der Waals surface area contributed by atoms with Crippen molar-refractivity contribution in [3.05, 3.63) is 48.6 Å². The lowest BCUT2D eigenvalue weighted by Gasteiger charge is -2.62. The quantitative estimate of drug-likeness (QED) is 0.436. The molecule has 0 aliphatic carbocycles. The Kier molecular flexibility index (Phi) is 8.42. The average Bonchev–Trinajstić information content (AvgIpc) is 2.73. The summed E-state index contributed by atoms with van der Waals surface area (Å²) in [4.78, 5) is 0. The van der Waals surface area contributed by atoms with Crippen molar-refractivity contribution in [3.63, 3.8) is 0 Å². The predicted molar refractivity (Wildman–Crippen MR) is 117 cm³/mol. The van der Waals surface area contributed by atoms with Crippen molar-refractivity contribution < 1.29 is 13.6 Å². The Hall–Kier alpha value is -1.02. The minimum atomic E-state index is -2.71. The Morgan fingerprint density at radius 2 is 1.79 bits per heavy atom. The molecule has 1 aliphatic rings. The van der Waals surface area contributed by atoms with Crippen LogP contribution in [0, 0.1) is 11.3 Å². The average molecular weight is 407 g/mol. The first kappa shape index (κ1) is 23.3. The summed E-state index contributed by atoms with van der Waals surface area (Å²) in [6, 6.07) is 11.5. The highest BCUT2D eigenvalue weighted by Crippen LogP contribution is 2.59. The molecule has 4 N–H and O–H groups in total. The zero-order valence-corrected chi connectivity index (χ0v) is 18.8. The van der Waals surface area contributed by atoms with Crippen molar-refractivity contribution >= 4 is 8.56 Å². The molecule has 0 aromatic heterocycles. The van der Waals surface area contributed by atoms with E-state index in [2.05, 4.69) is 36.9 Å². The maximum absolute atomic E-state index is 6.50. The lowest BCUT2D eigenvalue weighted by molar-refractivity contribution is -0.128. The second kappa shape index (κ2) is 10.1. The molecule has 5 nitrogen and oxygen atoms in total. The number of rotatable bonds is 11. The van der Waals surface area contributed by atoms with Gasteiger partial charge in [-0.1, -0.05) is 36.4 Å². The Balaban J connectivity index is 2.74. The van der Waals surface area contributed by atoms with Gasteiger partial charge in [0.25, 0.3) is 0 Å². The van der Waals surface area contributed by atoms with Gasteiger partial charge in [0.1, 0.15) is 5.22 Å². The first-order chi connectivity index (χ1) is 13.5. The van der Waals surface area contributed by atoms with Gasteiger partial charge in [-0.05, 0) is 62.7 Å². The summed E-state index contributed by atoms with van der Waals surface area (Å²) in [7, 11) is 2.64. The number of methoxy groups -OCH3 is 1. The topological polar surface area (TPSA) is 79.7 Å². The molecule has 1 aromatic carbocycles. The fourth-order valence-corrected chi connectivity index (χ4v) is 10.0. The van der Waals surface area contributed by atoms with Crippen LogP contribution in [0.2, 0.25) is 6.04 Å². The summed E-state index contributed by atoms with van der Waals surface area (Å²) >= 11 is 0. The van der Waals surface area contributed by atoms with Crippen LogP contribution in [0.1, 0.15) is 31.2 Å². The van der Waals surface area contributed by atoms with Gasteiger partial charge in [0.05, 0.1) is 0 Å². The minimum Gasteiger partial charge on any atom is -0.396 e. The van der Waals surface area contributed by atoms with Crippen LogP contribution in [-0.2, 0) is 20.0 Å². The van der Waals surface area contributed by atoms with Crippen LogP contribution >= 0.6 is 0 Å². The minimum absolute atomic E-state index is 0.259. The van der Waals surface area contributed by atoms with Crippen molar-refractivity contribution in [2.45, 2.75) is 43.4 Å².